The van der Waals surface area contributed by atoms with Crippen molar-refractivity contribution in [3.05, 3.63) is 17.5 Å². The third kappa shape index (κ3) is 3.80. The fourth-order valence-corrected chi connectivity index (χ4v) is 2.66. The lowest BCUT2D eigenvalue weighted by molar-refractivity contribution is -0.923. The molecular weight excluding hydrogens is 218 g/mol. The Morgan fingerprint density at radius 1 is 1.19 bits per heavy atom. The van der Waals surface area contributed by atoms with Crippen molar-refractivity contribution in [2.24, 2.45) is 0 Å². The molecule has 0 spiro atoms. The van der Waals surface area contributed by atoms with Gasteiger partial charge in [-0.1, -0.05) is 0 Å². The second-order valence-corrected chi connectivity index (χ2v) is 5.06. The smallest absolute Gasteiger partial charge is 0.173 e. The molecule has 0 aliphatic heterocycles. The summed E-state index contributed by atoms with van der Waals surface area (Å²) < 4.78 is 6.90. The molecule has 16 heavy (non-hydrogen) atoms. The van der Waals surface area contributed by atoms with Crippen molar-refractivity contribution >= 4 is 11.3 Å². The first-order valence-corrected chi connectivity index (χ1v) is 7.15. The Kier molecular flexibility index (Phi) is 5.85. The first-order chi connectivity index (χ1) is 7.76. The topological polar surface area (TPSA) is 9.23 Å². The summed E-state index contributed by atoms with van der Waals surface area (Å²) in [6.45, 7) is 12.6. The van der Waals surface area contributed by atoms with Gasteiger partial charge in [-0.25, -0.2) is 0 Å². The number of ether oxygens (including phenoxy) is 1. The summed E-state index contributed by atoms with van der Waals surface area (Å²) in [5, 5.41) is 3.10. The van der Waals surface area contributed by atoms with E-state index in [4.69, 9.17) is 4.74 Å². The van der Waals surface area contributed by atoms with Crippen molar-refractivity contribution in [1.29, 1.82) is 0 Å². The molecule has 3 heteroatoms. The van der Waals surface area contributed by atoms with Crippen LogP contribution in [0.2, 0.25) is 0 Å². The molecule has 0 aliphatic carbocycles. The summed E-state index contributed by atoms with van der Waals surface area (Å²) >= 11 is 1.67. The van der Waals surface area contributed by atoms with Crippen LogP contribution in [0.3, 0.4) is 0 Å². The van der Waals surface area contributed by atoms with Crippen molar-refractivity contribution in [3.63, 3.8) is 0 Å². The van der Waals surface area contributed by atoms with E-state index in [0.29, 0.717) is 0 Å². The van der Waals surface area contributed by atoms with Gasteiger partial charge in [0, 0.05) is 6.42 Å². The van der Waals surface area contributed by atoms with Gasteiger partial charge in [0.25, 0.3) is 0 Å². The maximum absolute atomic E-state index is 5.68. The van der Waals surface area contributed by atoms with E-state index in [2.05, 4.69) is 26.2 Å². The predicted octanol–water partition coefficient (Wildman–Crippen LogP) is 3.39. The van der Waals surface area contributed by atoms with E-state index in [1.165, 1.54) is 30.7 Å². The van der Waals surface area contributed by atoms with Gasteiger partial charge in [-0.2, -0.15) is 0 Å². The lowest BCUT2D eigenvalue weighted by Crippen LogP contribution is -2.48. The molecule has 0 N–H and O–H groups in total. The highest BCUT2D eigenvalue weighted by Crippen LogP contribution is 2.18. The molecule has 0 fully saturated rings. The Morgan fingerprint density at radius 3 is 2.38 bits per heavy atom. The van der Waals surface area contributed by atoms with Gasteiger partial charge in [-0.3, -0.25) is 0 Å². The molecule has 0 aliphatic rings. The molecule has 0 saturated carbocycles. The normalized spacial score (nSPS) is 11.7. The summed E-state index contributed by atoms with van der Waals surface area (Å²) in [6, 6.07) is 4.07. The van der Waals surface area contributed by atoms with Gasteiger partial charge in [-0.05, 0) is 38.3 Å². The number of hydrogen-bond acceptors (Lipinski definition) is 2. The zero-order valence-corrected chi connectivity index (χ0v) is 11.6. The highest BCUT2D eigenvalue weighted by molar-refractivity contribution is 7.11. The second kappa shape index (κ2) is 6.92. The van der Waals surface area contributed by atoms with Crippen molar-refractivity contribution in [3.8, 4) is 5.06 Å². The van der Waals surface area contributed by atoms with Crippen LogP contribution in [-0.2, 0) is 0 Å². The first-order valence-electron chi connectivity index (χ1n) is 6.27. The molecule has 0 atom stereocenters. The molecule has 0 saturated heterocycles. The van der Waals surface area contributed by atoms with Crippen molar-refractivity contribution in [2.45, 2.75) is 27.2 Å². The summed E-state index contributed by atoms with van der Waals surface area (Å²) in [7, 11) is 0. The van der Waals surface area contributed by atoms with Crippen LogP contribution >= 0.6 is 11.3 Å². The van der Waals surface area contributed by atoms with Crippen molar-refractivity contribution in [2.75, 3.05) is 32.8 Å². The van der Waals surface area contributed by atoms with Crippen LogP contribution in [-0.4, -0.2) is 37.3 Å². The maximum atomic E-state index is 5.68. The van der Waals surface area contributed by atoms with E-state index in [1.807, 2.05) is 12.1 Å². The molecule has 0 unspecified atom stereocenters. The predicted molar refractivity (Wildman–Crippen MR) is 71.2 cm³/mol. The van der Waals surface area contributed by atoms with E-state index in [9.17, 15) is 0 Å². The monoisotopic (exact) mass is 242 g/mol. The summed E-state index contributed by atoms with van der Waals surface area (Å²) in [6.07, 6.45) is 1.15. The quantitative estimate of drug-likeness (QED) is 0.501. The Balaban J connectivity index is 2.23. The minimum Gasteiger partial charge on any atom is -0.484 e. The third-order valence-electron chi connectivity index (χ3n) is 3.53. The molecule has 0 amide bonds. The summed E-state index contributed by atoms with van der Waals surface area (Å²) in [5.41, 5.74) is 0. The van der Waals surface area contributed by atoms with Gasteiger partial charge in [0.2, 0.25) is 0 Å². The Hall–Kier alpha value is -0.540. The largest absolute Gasteiger partial charge is 0.484 e. The second-order valence-electron chi connectivity index (χ2n) is 4.15. The van der Waals surface area contributed by atoms with Crippen molar-refractivity contribution in [1.82, 2.24) is 0 Å². The first kappa shape index (κ1) is 13.5. The van der Waals surface area contributed by atoms with Crippen LogP contribution in [0.1, 0.15) is 27.2 Å². The molecule has 1 rings (SSSR count). The van der Waals surface area contributed by atoms with Gasteiger partial charge in [-0.15, -0.1) is 11.3 Å². The van der Waals surface area contributed by atoms with Crippen molar-refractivity contribution < 1.29 is 9.22 Å². The Morgan fingerprint density at radius 2 is 1.88 bits per heavy atom. The van der Waals surface area contributed by atoms with Gasteiger partial charge < -0.3 is 9.22 Å². The van der Waals surface area contributed by atoms with Crippen LogP contribution in [0.4, 0.5) is 0 Å². The third-order valence-corrected chi connectivity index (χ3v) is 4.31. The standard InChI is InChI=1S/C13H24NOS/c1-4-14(5-2,6-3)10-8-11-15-13-9-7-12-16-13/h7,9,12H,4-6,8,10-11H2,1-3H3/q+1. The summed E-state index contributed by atoms with van der Waals surface area (Å²) in [4.78, 5) is 0. The van der Waals surface area contributed by atoms with Crippen LogP contribution in [0.5, 0.6) is 5.06 Å². The molecule has 2 nitrogen and oxygen atoms in total. The van der Waals surface area contributed by atoms with Crippen LogP contribution in [0, 0.1) is 0 Å². The molecule has 1 heterocycles. The van der Waals surface area contributed by atoms with Gasteiger partial charge in [0.15, 0.2) is 5.06 Å². The van der Waals surface area contributed by atoms with Crippen LogP contribution in [0.15, 0.2) is 17.5 Å². The zero-order valence-electron chi connectivity index (χ0n) is 10.7. The Labute approximate surface area is 103 Å². The highest BCUT2D eigenvalue weighted by Gasteiger charge is 2.19. The molecule has 0 radical (unpaired) electrons. The minimum atomic E-state index is 0.848. The molecule has 1 aromatic heterocycles. The molecule has 92 valence electrons. The van der Waals surface area contributed by atoms with Gasteiger partial charge >= 0.3 is 0 Å². The van der Waals surface area contributed by atoms with Crippen LogP contribution < -0.4 is 4.74 Å². The lowest BCUT2D eigenvalue weighted by Gasteiger charge is -2.35. The lowest BCUT2D eigenvalue weighted by atomic mass is 10.3. The summed E-state index contributed by atoms with van der Waals surface area (Å²) in [5.74, 6) is 0. The maximum Gasteiger partial charge on any atom is 0.173 e. The number of thiophene rings is 1. The van der Waals surface area contributed by atoms with Gasteiger partial charge in [0.05, 0.1) is 32.8 Å². The molecule has 1 aromatic rings. The van der Waals surface area contributed by atoms with E-state index >= 15 is 0 Å². The van der Waals surface area contributed by atoms with E-state index < -0.39 is 0 Å². The number of nitrogens with zero attached hydrogens (tertiary/aromatic N) is 1. The molecule has 0 bridgehead atoms. The zero-order chi connectivity index (χ0) is 11.9. The average Bonchev–Trinajstić information content (AvgIpc) is 2.83. The van der Waals surface area contributed by atoms with Crippen LogP contribution in [0.25, 0.3) is 0 Å². The van der Waals surface area contributed by atoms with E-state index in [0.717, 1.165) is 18.1 Å². The van der Waals surface area contributed by atoms with Gasteiger partial charge in [0.1, 0.15) is 0 Å². The number of hydrogen-bond donors (Lipinski definition) is 0. The number of rotatable bonds is 8. The SMILES string of the molecule is CC[N+](CC)(CC)CCCOc1cccs1. The minimum absolute atomic E-state index is 0.848. The molecular formula is C13H24NOS+. The average molecular weight is 242 g/mol. The Bertz CT molecular complexity index is 259. The fourth-order valence-electron chi connectivity index (χ4n) is 2.06. The highest BCUT2D eigenvalue weighted by atomic mass is 32.1. The van der Waals surface area contributed by atoms with E-state index in [-0.39, 0.29) is 0 Å². The van der Waals surface area contributed by atoms with E-state index in [1.54, 1.807) is 11.3 Å². The fraction of sp³-hybridized carbons (Fsp3) is 0.692. The number of quaternary nitrogens is 1. The molecule has 0 aromatic carbocycles.